The van der Waals surface area contributed by atoms with E-state index in [4.69, 9.17) is 0 Å². The van der Waals surface area contributed by atoms with Gasteiger partial charge in [-0.25, -0.2) is 0 Å². The largest absolute Gasteiger partial charge is 0.393 e. The predicted molar refractivity (Wildman–Crippen MR) is 74.5 cm³/mol. The number of imide groups is 1. The van der Waals surface area contributed by atoms with Crippen LogP contribution in [0.4, 0.5) is 0 Å². The van der Waals surface area contributed by atoms with Crippen LogP contribution in [-0.4, -0.2) is 34.0 Å². The zero-order valence-electron chi connectivity index (χ0n) is 11.2. The molecule has 0 saturated heterocycles. The maximum atomic E-state index is 12.5. The van der Waals surface area contributed by atoms with Gasteiger partial charge < -0.3 is 5.11 Å². The molecular weight excluding hydrogens is 254 g/mol. The van der Waals surface area contributed by atoms with Gasteiger partial charge in [0, 0.05) is 12.1 Å². The fourth-order valence-electron chi connectivity index (χ4n) is 3.03. The van der Waals surface area contributed by atoms with E-state index in [2.05, 4.69) is 0 Å². The first-order valence-corrected chi connectivity index (χ1v) is 6.99. The third-order valence-electron chi connectivity index (χ3n) is 4.02. The lowest BCUT2D eigenvalue weighted by molar-refractivity contribution is -0.140. The van der Waals surface area contributed by atoms with Gasteiger partial charge in [0.1, 0.15) is 0 Å². The molecule has 20 heavy (non-hydrogen) atoms. The van der Waals surface area contributed by atoms with Gasteiger partial charge in [-0.15, -0.1) is 0 Å². The van der Waals surface area contributed by atoms with Crippen molar-refractivity contribution in [2.24, 2.45) is 0 Å². The summed E-state index contributed by atoms with van der Waals surface area (Å²) in [6.07, 6.45) is 3.89. The highest BCUT2D eigenvalue weighted by Crippen LogP contribution is 2.30. The number of carbonyl (C=O) groups excluding carboxylic acids is 2. The van der Waals surface area contributed by atoms with Crippen molar-refractivity contribution in [2.75, 3.05) is 0 Å². The minimum absolute atomic E-state index is 0.170. The van der Waals surface area contributed by atoms with Crippen LogP contribution in [0.15, 0.2) is 36.4 Å². The average molecular weight is 271 g/mol. The lowest BCUT2D eigenvalue weighted by Gasteiger charge is -2.32. The molecule has 4 nitrogen and oxygen atoms in total. The van der Waals surface area contributed by atoms with E-state index in [1.165, 1.54) is 11.0 Å². The van der Waals surface area contributed by atoms with Crippen molar-refractivity contribution in [1.82, 2.24) is 4.90 Å². The Labute approximate surface area is 117 Å². The third kappa shape index (κ3) is 2.27. The molecule has 104 valence electrons. The number of hydrogen-bond acceptors (Lipinski definition) is 3. The van der Waals surface area contributed by atoms with Crippen LogP contribution in [0.1, 0.15) is 31.2 Å². The number of rotatable bonds is 2. The number of amides is 2. The Bertz CT molecular complexity index is 564. The van der Waals surface area contributed by atoms with E-state index in [-0.39, 0.29) is 17.9 Å². The highest BCUT2D eigenvalue weighted by atomic mass is 16.3. The first kappa shape index (κ1) is 13.1. The van der Waals surface area contributed by atoms with Crippen molar-refractivity contribution in [3.8, 4) is 0 Å². The highest BCUT2D eigenvalue weighted by molar-refractivity contribution is 6.33. The predicted octanol–water partition coefficient (Wildman–Crippen LogP) is 1.74. The molecule has 1 aliphatic heterocycles. The van der Waals surface area contributed by atoms with Gasteiger partial charge in [0.15, 0.2) is 0 Å². The molecular formula is C16H17NO3. The molecule has 1 fully saturated rings. The zero-order valence-corrected chi connectivity index (χ0v) is 11.2. The lowest BCUT2D eigenvalue weighted by atomic mass is 9.92. The summed E-state index contributed by atoms with van der Waals surface area (Å²) in [6, 6.07) is 9.06. The van der Waals surface area contributed by atoms with Gasteiger partial charge >= 0.3 is 0 Å². The molecule has 1 aliphatic carbocycles. The number of benzene rings is 1. The van der Waals surface area contributed by atoms with E-state index < -0.39 is 6.10 Å². The second-order valence-electron chi connectivity index (χ2n) is 5.41. The zero-order chi connectivity index (χ0) is 14.1. The van der Waals surface area contributed by atoms with Crippen molar-refractivity contribution in [3.63, 3.8) is 0 Å². The quantitative estimate of drug-likeness (QED) is 0.834. The fraction of sp³-hybridized carbons (Fsp3) is 0.375. The van der Waals surface area contributed by atoms with Crippen molar-refractivity contribution >= 4 is 17.4 Å². The van der Waals surface area contributed by atoms with Crippen LogP contribution in [-0.2, 0) is 9.59 Å². The number of nitrogens with zero attached hydrogens (tertiary/aromatic N) is 1. The summed E-state index contributed by atoms with van der Waals surface area (Å²) in [6.45, 7) is 0. The first-order valence-electron chi connectivity index (χ1n) is 6.99. The Morgan fingerprint density at radius 3 is 2.55 bits per heavy atom. The Hall–Kier alpha value is -1.94. The normalized spacial score (nSPS) is 26.9. The maximum absolute atomic E-state index is 12.5. The van der Waals surface area contributed by atoms with Crippen LogP contribution >= 0.6 is 0 Å². The summed E-state index contributed by atoms with van der Waals surface area (Å²) in [4.78, 5) is 25.9. The SMILES string of the molecule is O=C1C=C(c2ccccc2)C(=O)N1C1CCCC(O)C1. The lowest BCUT2D eigenvalue weighted by Crippen LogP contribution is -2.44. The molecule has 1 aromatic rings. The van der Waals surface area contributed by atoms with Gasteiger partial charge in [-0.1, -0.05) is 30.3 Å². The summed E-state index contributed by atoms with van der Waals surface area (Å²) >= 11 is 0. The Morgan fingerprint density at radius 2 is 1.85 bits per heavy atom. The van der Waals surface area contributed by atoms with Crippen molar-refractivity contribution < 1.29 is 14.7 Å². The van der Waals surface area contributed by atoms with E-state index in [1.807, 2.05) is 30.3 Å². The van der Waals surface area contributed by atoms with E-state index in [9.17, 15) is 14.7 Å². The van der Waals surface area contributed by atoms with Gasteiger partial charge in [-0.05, 0) is 31.2 Å². The number of aliphatic hydroxyl groups is 1. The smallest absolute Gasteiger partial charge is 0.261 e. The molecule has 1 N–H and O–H groups in total. The number of hydrogen-bond donors (Lipinski definition) is 1. The highest BCUT2D eigenvalue weighted by Gasteiger charge is 2.38. The van der Waals surface area contributed by atoms with Gasteiger partial charge in [-0.2, -0.15) is 0 Å². The molecule has 2 atom stereocenters. The maximum Gasteiger partial charge on any atom is 0.261 e. The second-order valence-corrected chi connectivity index (χ2v) is 5.41. The van der Waals surface area contributed by atoms with Crippen molar-refractivity contribution in [1.29, 1.82) is 0 Å². The fourth-order valence-corrected chi connectivity index (χ4v) is 3.03. The Kier molecular flexibility index (Phi) is 3.40. The van der Waals surface area contributed by atoms with Crippen LogP contribution in [0.5, 0.6) is 0 Å². The molecule has 2 amide bonds. The summed E-state index contributed by atoms with van der Waals surface area (Å²) < 4.78 is 0. The Morgan fingerprint density at radius 1 is 1.10 bits per heavy atom. The van der Waals surface area contributed by atoms with Crippen LogP contribution in [0.2, 0.25) is 0 Å². The van der Waals surface area contributed by atoms with Crippen LogP contribution < -0.4 is 0 Å². The van der Waals surface area contributed by atoms with Gasteiger partial charge in [0.05, 0.1) is 11.7 Å². The van der Waals surface area contributed by atoms with Gasteiger partial charge in [0.2, 0.25) is 0 Å². The summed E-state index contributed by atoms with van der Waals surface area (Å²) in [5.74, 6) is -0.492. The molecule has 0 spiro atoms. The van der Waals surface area contributed by atoms with Crippen LogP contribution in [0.3, 0.4) is 0 Å². The van der Waals surface area contributed by atoms with Crippen LogP contribution in [0.25, 0.3) is 5.57 Å². The number of aliphatic hydroxyl groups excluding tert-OH is 1. The molecule has 0 radical (unpaired) electrons. The topological polar surface area (TPSA) is 57.6 Å². The molecule has 0 bridgehead atoms. The summed E-state index contributed by atoms with van der Waals surface area (Å²) in [5, 5.41) is 9.73. The molecule has 2 unspecified atom stereocenters. The standard InChI is InChI=1S/C16H17NO3/c18-13-8-4-7-12(9-13)17-15(19)10-14(16(17)20)11-5-2-1-3-6-11/h1-3,5-6,10,12-13,18H,4,7-9H2. The molecule has 1 heterocycles. The van der Waals surface area contributed by atoms with E-state index in [1.54, 1.807) is 0 Å². The number of carbonyl (C=O) groups is 2. The second kappa shape index (κ2) is 5.21. The monoisotopic (exact) mass is 271 g/mol. The van der Waals surface area contributed by atoms with E-state index in [0.717, 1.165) is 24.8 Å². The summed E-state index contributed by atoms with van der Waals surface area (Å²) in [7, 11) is 0. The molecule has 2 aliphatic rings. The molecule has 4 heteroatoms. The van der Waals surface area contributed by atoms with Crippen molar-refractivity contribution in [2.45, 2.75) is 37.8 Å². The molecule has 0 aromatic heterocycles. The molecule has 1 saturated carbocycles. The Balaban J connectivity index is 1.84. The van der Waals surface area contributed by atoms with E-state index >= 15 is 0 Å². The van der Waals surface area contributed by atoms with Crippen molar-refractivity contribution in [3.05, 3.63) is 42.0 Å². The summed E-state index contributed by atoms with van der Waals surface area (Å²) in [5.41, 5.74) is 1.22. The minimum atomic E-state index is -0.407. The average Bonchev–Trinajstić information content (AvgIpc) is 2.75. The molecule has 1 aromatic carbocycles. The van der Waals surface area contributed by atoms with Gasteiger partial charge in [-0.3, -0.25) is 14.5 Å². The third-order valence-corrected chi connectivity index (χ3v) is 4.02. The minimum Gasteiger partial charge on any atom is -0.393 e. The van der Waals surface area contributed by atoms with E-state index in [0.29, 0.717) is 12.0 Å². The first-order chi connectivity index (χ1) is 9.66. The van der Waals surface area contributed by atoms with Gasteiger partial charge in [0.25, 0.3) is 11.8 Å². The molecule has 3 rings (SSSR count). The van der Waals surface area contributed by atoms with Crippen LogP contribution in [0, 0.1) is 0 Å².